The molecule has 0 unspecified atom stereocenters. The lowest BCUT2D eigenvalue weighted by atomic mass is 9.88. The molecule has 0 aromatic heterocycles. The van der Waals surface area contributed by atoms with Crippen molar-refractivity contribution in [2.24, 2.45) is 0 Å². The fourth-order valence-corrected chi connectivity index (χ4v) is 2.84. The van der Waals surface area contributed by atoms with Crippen LogP contribution in [-0.4, -0.2) is 29.3 Å². The molecular formula is C16H20F3NO. The van der Waals surface area contributed by atoms with Crippen LogP contribution in [0.2, 0.25) is 0 Å². The number of nitrogens with zero attached hydrogens (tertiary/aromatic N) is 1. The van der Waals surface area contributed by atoms with Gasteiger partial charge in [-0.15, -0.1) is 0 Å². The molecule has 116 valence electrons. The molecule has 0 saturated carbocycles. The molecule has 21 heavy (non-hydrogen) atoms. The van der Waals surface area contributed by atoms with Crippen LogP contribution >= 0.6 is 0 Å². The number of carbonyl (C=O) groups is 1. The molecule has 0 aliphatic carbocycles. The van der Waals surface area contributed by atoms with Crippen molar-refractivity contribution in [3.8, 4) is 0 Å². The van der Waals surface area contributed by atoms with Crippen molar-refractivity contribution in [1.29, 1.82) is 0 Å². The van der Waals surface area contributed by atoms with Gasteiger partial charge in [0.2, 0.25) is 0 Å². The maximum absolute atomic E-state index is 12.7. The van der Waals surface area contributed by atoms with E-state index >= 15 is 0 Å². The Morgan fingerprint density at radius 1 is 1.14 bits per heavy atom. The van der Waals surface area contributed by atoms with Gasteiger partial charge in [-0.2, -0.15) is 13.2 Å². The van der Waals surface area contributed by atoms with Gasteiger partial charge in [-0.1, -0.05) is 6.07 Å². The van der Waals surface area contributed by atoms with Crippen LogP contribution in [0.25, 0.3) is 0 Å². The zero-order chi connectivity index (χ0) is 15.8. The van der Waals surface area contributed by atoms with Crippen LogP contribution in [0.5, 0.6) is 0 Å². The number of alkyl halides is 3. The van der Waals surface area contributed by atoms with E-state index in [1.165, 1.54) is 6.07 Å². The Balaban J connectivity index is 2.31. The molecule has 1 aromatic rings. The summed E-state index contributed by atoms with van der Waals surface area (Å²) in [6.07, 6.45) is -2.26. The second kappa shape index (κ2) is 5.44. The van der Waals surface area contributed by atoms with E-state index in [4.69, 9.17) is 0 Å². The Morgan fingerprint density at radius 2 is 1.71 bits per heavy atom. The zero-order valence-corrected chi connectivity index (χ0v) is 12.5. The first-order valence-corrected chi connectivity index (χ1v) is 7.12. The van der Waals surface area contributed by atoms with Crippen molar-refractivity contribution >= 4 is 5.78 Å². The number of ketones is 1. The van der Waals surface area contributed by atoms with E-state index in [0.717, 1.165) is 38.1 Å². The highest BCUT2D eigenvalue weighted by molar-refractivity contribution is 6.03. The topological polar surface area (TPSA) is 20.3 Å². The smallest absolute Gasteiger partial charge is 0.292 e. The van der Waals surface area contributed by atoms with Crippen LogP contribution in [-0.2, 0) is 6.18 Å². The zero-order valence-electron chi connectivity index (χ0n) is 12.5. The summed E-state index contributed by atoms with van der Waals surface area (Å²) < 4.78 is 38.1. The van der Waals surface area contributed by atoms with Crippen LogP contribution in [0.1, 0.15) is 48.2 Å². The molecule has 0 atom stereocenters. The largest absolute Gasteiger partial charge is 0.416 e. The van der Waals surface area contributed by atoms with E-state index in [0.29, 0.717) is 11.1 Å². The monoisotopic (exact) mass is 299 g/mol. The summed E-state index contributed by atoms with van der Waals surface area (Å²) >= 11 is 0. The van der Waals surface area contributed by atoms with E-state index < -0.39 is 17.3 Å². The first-order chi connectivity index (χ1) is 9.64. The van der Waals surface area contributed by atoms with Crippen LogP contribution in [0, 0.1) is 6.92 Å². The third-order valence-corrected chi connectivity index (χ3v) is 4.25. The summed E-state index contributed by atoms with van der Waals surface area (Å²) in [6.45, 7) is 6.97. The highest BCUT2D eigenvalue weighted by Gasteiger charge is 2.38. The molecule has 0 bridgehead atoms. The van der Waals surface area contributed by atoms with Crippen LogP contribution in [0.4, 0.5) is 13.2 Å². The van der Waals surface area contributed by atoms with E-state index in [2.05, 4.69) is 4.90 Å². The maximum Gasteiger partial charge on any atom is 0.416 e. The Labute approximate surface area is 122 Å². The van der Waals surface area contributed by atoms with Gasteiger partial charge in [0.05, 0.1) is 11.1 Å². The first-order valence-electron chi connectivity index (χ1n) is 7.12. The van der Waals surface area contributed by atoms with Crippen LogP contribution < -0.4 is 0 Å². The number of hydrogen-bond donors (Lipinski definition) is 0. The summed E-state index contributed by atoms with van der Waals surface area (Å²) in [5.41, 5.74) is -0.640. The van der Waals surface area contributed by atoms with E-state index in [-0.39, 0.29) is 5.78 Å². The standard InChI is InChI=1S/C16H20F3NO/c1-11-10-12(16(17,18)19)6-7-13(11)14(21)15(2,3)20-8-4-5-9-20/h6-7,10H,4-5,8-9H2,1-3H3. The van der Waals surface area contributed by atoms with E-state index in [1.54, 1.807) is 6.92 Å². The van der Waals surface area contributed by atoms with Gasteiger partial charge < -0.3 is 0 Å². The molecule has 1 aliphatic rings. The summed E-state index contributed by atoms with van der Waals surface area (Å²) in [7, 11) is 0. The van der Waals surface area contributed by atoms with E-state index in [9.17, 15) is 18.0 Å². The second-order valence-corrected chi connectivity index (χ2v) is 6.11. The highest BCUT2D eigenvalue weighted by Crippen LogP contribution is 2.32. The number of Topliss-reactive ketones (excluding diaryl/α,β-unsaturated/α-hetero) is 1. The molecule has 1 aliphatic heterocycles. The summed E-state index contributed by atoms with van der Waals surface area (Å²) in [6, 6.07) is 3.34. The fraction of sp³-hybridized carbons (Fsp3) is 0.562. The molecule has 2 rings (SSSR count). The molecular weight excluding hydrogens is 279 g/mol. The van der Waals surface area contributed by atoms with Gasteiger partial charge >= 0.3 is 6.18 Å². The van der Waals surface area contributed by atoms with Gasteiger partial charge in [0.1, 0.15) is 0 Å². The van der Waals surface area contributed by atoms with Gasteiger partial charge in [0.25, 0.3) is 0 Å². The number of hydrogen-bond acceptors (Lipinski definition) is 2. The fourth-order valence-electron chi connectivity index (χ4n) is 2.84. The Morgan fingerprint density at radius 3 is 2.19 bits per heavy atom. The van der Waals surface area contributed by atoms with Crippen molar-refractivity contribution in [3.05, 3.63) is 34.9 Å². The van der Waals surface area contributed by atoms with Gasteiger partial charge in [-0.05, 0) is 64.4 Å². The van der Waals surface area contributed by atoms with Crippen molar-refractivity contribution in [1.82, 2.24) is 4.90 Å². The van der Waals surface area contributed by atoms with Crippen molar-refractivity contribution in [2.75, 3.05) is 13.1 Å². The quantitative estimate of drug-likeness (QED) is 0.784. The molecule has 2 nitrogen and oxygen atoms in total. The molecule has 0 spiro atoms. The average molecular weight is 299 g/mol. The average Bonchev–Trinajstić information content (AvgIpc) is 2.91. The van der Waals surface area contributed by atoms with Gasteiger partial charge in [-0.25, -0.2) is 0 Å². The SMILES string of the molecule is Cc1cc(C(F)(F)F)ccc1C(=O)C(C)(C)N1CCCC1. The predicted octanol–water partition coefficient (Wildman–Crippen LogP) is 4.07. The summed E-state index contributed by atoms with van der Waals surface area (Å²) in [4.78, 5) is 14.8. The second-order valence-electron chi connectivity index (χ2n) is 6.11. The minimum atomic E-state index is -4.38. The molecule has 0 amide bonds. The lowest BCUT2D eigenvalue weighted by Gasteiger charge is -2.34. The van der Waals surface area contributed by atoms with Crippen molar-refractivity contribution in [2.45, 2.75) is 45.3 Å². The van der Waals surface area contributed by atoms with Crippen LogP contribution in [0.3, 0.4) is 0 Å². The number of likely N-dealkylation sites (tertiary alicyclic amines) is 1. The molecule has 1 fully saturated rings. The third kappa shape index (κ3) is 3.12. The molecule has 1 saturated heterocycles. The van der Waals surface area contributed by atoms with Gasteiger partial charge in [-0.3, -0.25) is 9.69 Å². The number of aryl methyl sites for hydroxylation is 1. The Kier molecular flexibility index (Phi) is 4.15. The summed E-state index contributed by atoms with van der Waals surface area (Å²) in [5.74, 6) is -0.115. The minimum absolute atomic E-state index is 0.115. The van der Waals surface area contributed by atoms with Crippen molar-refractivity contribution in [3.63, 3.8) is 0 Å². The minimum Gasteiger partial charge on any atom is -0.292 e. The highest BCUT2D eigenvalue weighted by atomic mass is 19.4. The molecule has 0 N–H and O–H groups in total. The first kappa shape index (κ1) is 16.0. The molecule has 1 heterocycles. The predicted molar refractivity (Wildman–Crippen MR) is 75.4 cm³/mol. The number of halogens is 3. The normalized spacial score (nSPS) is 17.2. The number of benzene rings is 1. The Bertz CT molecular complexity index is 543. The Hall–Kier alpha value is -1.36. The van der Waals surface area contributed by atoms with Crippen molar-refractivity contribution < 1.29 is 18.0 Å². The number of rotatable bonds is 3. The molecule has 0 radical (unpaired) electrons. The molecule has 5 heteroatoms. The lowest BCUT2D eigenvalue weighted by molar-refractivity contribution is -0.137. The van der Waals surface area contributed by atoms with Crippen LogP contribution in [0.15, 0.2) is 18.2 Å². The van der Waals surface area contributed by atoms with Gasteiger partial charge in [0.15, 0.2) is 5.78 Å². The van der Waals surface area contributed by atoms with E-state index in [1.807, 2.05) is 13.8 Å². The maximum atomic E-state index is 12.7. The van der Waals surface area contributed by atoms with Gasteiger partial charge in [0, 0.05) is 5.56 Å². The number of carbonyl (C=O) groups excluding carboxylic acids is 1. The molecule has 1 aromatic carbocycles. The lowest BCUT2D eigenvalue weighted by Crippen LogP contribution is -2.48. The third-order valence-electron chi connectivity index (χ3n) is 4.25. The summed E-state index contributed by atoms with van der Waals surface area (Å²) in [5, 5.41) is 0.